The molecule has 0 amide bonds. The number of hydrogen-bond acceptors (Lipinski definition) is 6. The van der Waals surface area contributed by atoms with Crippen molar-refractivity contribution >= 4 is 28.1 Å². The molecule has 2 N–H and O–H groups in total. The molecule has 2 heterocycles. The molecule has 1 aliphatic rings. The molecule has 5 nitrogen and oxygen atoms in total. The van der Waals surface area contributed by atoms with Gasteiger partial charge in [-0.1, -0.05) is 17.4 Å². The van der Waals surface area contributed by atoms with E-state index in [1.54, 1.807) is 25.3 Å². The quantitative estimate of drug-likeness (QED) is 0.615. The smallest absolute Gasteiger partial charge is 0.393 e. The predicted octanol–water partition coefficient (Wildman–Crippen LogP) is 4.63. The second-order valence-corrected chi connectivity index (χ2v) is 10.1. The maximum atomic E-state index is 13.5. The number of nitrogens with zero attached hydrogens (tertiary/aromatic N) is 3. The van der Waals surface area contributed by atoms with E-state index < -0.39 is 23.4 Å². The van der Waals surface area contributed by atoms with Crippen molar-refractivity contribution in [2.45, 2.75) is 61.6 Å². The fraction of sp³-hybridized carbons (Fsp3) is 0.474. The van der Waals surface area contributed by atoms with Crippen LogP contribution in [0.1, 0.15) is 43.0 Å². The van der Waals surface area contributed by atoms with E-state index in [2.05, 4.69) is 10.1 Å². The van der Waals surface area contributed by atoms with Crippen molar-refractivity contribution in [3.05, 3.63) is 34.5 Å². The van der Waals surface area contributed by atoms with E-state index in [0.717, 1.165) is 17.8 Å². The van der Waals surface area contributed by atoms with Crippen molar-refractivity contribution in [3.8, 4) is 11.3 Å². The second-order valence-electron chi connectivity index (χ2n) is 7.78. The van der Waals surface area contributed by atoms with E-state index in [0.29, 0.717) is 39.8 Å². The van der Waals surface area contributed by atoms with Gasteiger partial charge < -0.3 is 10.2 Å². The lowest BCUT2D eigenvalue weighted by molar-refractivity contribution is -0.139. The van der Waals surface area contributed by atoms with Gasteiger partial charge in [-0.05, 0) is 45.7 Å². The minimum Gasteiger partial charge on any atom is -0.393 e. The van der Waals surface area contributed by atoms with Gasteiger partial charge in [0.25, 0.3) is 0 Å². The monoisotopic (exact) mass is 443 g/mol. The number of aromatic nitrogens is 3. The highest BCUT2D eigenvalue weighted by atomic mass is 32.2. The third kappa shape index (κ3) is 3.90. The predicted molar refractivity (Wildman–Crippen MR) is 106 cm³/mol. The van der Waals surface area contributed by atoms with Gasteiger partial charge in [-0.25, -0.2) is 9.50 Å². The number of aliphatic hydroxyl groups is 2. The Morgan fingerprint density at radius 1 is 1.24 bits per heavy atom. The van der Waals surface area contributed by atoms with Crippen molar-refractivity contribution in [2.75, 3.05) is 0 Å². The Bertz CT molecular complexity index is 1060. The average Bonchev–Trinajstić information content (AvgIpc) is 3.08. The first-order chi connectivity index (χ1) is 13.4. The van der Waals surface area contributed by atoms with Crippen LogP contribution in [0.15, 0.2) is 23.1 Å². The summed E-state index contributed by atoms with van der Waals surface area (Å²) in [5.41, 5.74) is 0.0271. The number of rotatable bonds is 4. The standard InChI is InChI=1S/C19H20F3N3O2S2/c1-9-15(25-17(23-9)29-16(24-25)18(2,3)27)10-4-5-13(19(20,21)22)14(6-10)28-12-7-11(26)8-12/h4-6,11-12,26-27H,7-8H2,1-3H3/t11-,12+. The topological polar surface area (TPSA) is 70.7 Å². The number of benzene rings is 1. The molecule has 0 atom stereocenters. The molecule has 0 radical (unpaired) electrons. The average molecular weight is 444 g/mol. The van der Waals surface area contributed by atoms with Gasteiger partial charge in [0.15, 0.2) is 0 Å². The van der Waals surface area contributed by atoms with Crippen molar-refractivity contribution in [1.82, 2.24) is 14.6 Å². The zero-order valence-electron chi connectivity index (χ0n) is 16.0. The van der Waals surface area contributed by atoms with Crippen LogP contribution in [-0.4, -0.2) is 36.2 Å². The number of aliphatic hydroxyl groups excluding tert-OH is 1. The van der Waals surface area contributed by atoms with Gasteiger partial charge in [0.05, 0.1) is 23.1 Å². The molecule has 2 aromatic heterocycles. The summed E-state index contributed by atoms with van der Waals surface area (Å²) in [6.45, 7) is 5.03. The molecule has 0 unspecified atom stereocenters. The SMILES string of the molecule is Cc1nc2sc(C(C)(C)O)nn2c1-c1ccc(C(F)(F)F)c(S[C@H]2C[C@@H](O)C2)c1. The molecule has 156 valence electrons. The lowest BCUT2D eigenvalue weighted by Gasteiger charge is -2.31. The maximum Gasteiger partial charge on any atom is 0.417 e. The van der Waals surface area contributed by atoms with Crippen LogP contribution in [0.5, 0.6) is 0 Å². The highest BCUT2D eigenvalue weighted by molar-refractivity contribution is 8.00. The number of thioether (sulfide) groups is 1. The molecule has 1 fully saturated rings. The number of fused-ring (bicyclic) bond motifs is 1. The Kier molecular flexibility index (Phi) is 4.96. The Balaban J connectivity index is 1.80. The summed E-state index contributed by atoms with van der Waals surface area (Å²) in [6.07, 6.45) is -3.91. The molecule has 0 aliphatic heterocycles. The zero-order valence-corrected chi connectivity index (χ0v) is 17.6. The lowest BCUT2D eigenvalue weighted by Crippen LogP contribution is -2.30. The largest absolute Gasteiger partial charge is 0.417 e. The number of aryl methyl sites for hydroxylation is 1. The van der Waals surface area contributed by atoms with Gasteiger partial charge in [0.1, 0.15) is 10.6 Å². The van der Waals surface area contributed by atoms with E-state index in [9.17, 15) is 23.4 Å². The van der Waals surface area contributed by atoms with E-state index in [4.69, 9.17) is 0 Å². The summed E-state index contributed by atoms with van der Waals surface area (Å²) in [6, 6.07) is 4.05. The first-order valence-corrected chi connectivity index (χ1v) is 10.8. The van der Waals surface area contributed by atoms with E-state index in [1.807, 2.05) is 0 Å². The fourth-order valence-corrected chi connectivity index (χ4v) is 5.69. The molecule has 0 saturated heterocycles. The molecular formula is C19H20F3N3O2S2. The summed E-state index contributed by atoms with van der Waals surface area (Å²) in [5, 5.41) is 24.6. The third-order valence-electron chi connectivity index (χ3n) is 4.83. The normalized spacial score (nSPS) is 20.3. The van der Waals surface area contributed by atoms with Crippen LogP contribution in [0.3, 0.4) is 0 Å². The first-order valence-electron chi connectivity index (χ1n) is 9.09. The summed E-state index contributed by atoms with van der Waals surface area (Å²) >= 11 is 2.40. The summed E-state index contributed by atoms with van der Waals surface area (Å²) in [5.74, 6) is 0. The molecule has 29 heavy (non-hydrogen) atoms. The Labute approximate surface area is 173 Å². The fourth-order valence-electron chi connectivity index (χ4n) is 3.24. The van der Waals surface area contributed by atoms with Crippen LogP contribution in [0.25, 0.3) is 16.2 Å². The number of halogens is 3. The van der Waals surface area contributed by atoms with E-state index in [1.165, 1.54) is 23.5 Å². The van der Waals surface area contributed by atoms with Crippen LogP contribution in [0, 0.1) is 6.92 Å². The molecule has 1 saturated carbocycles. The summed E-state index contributed by atoms with van der Waals surface area (Å²) in [7, 11) is 0. The van der Waals surface area contributed by atoms with Crippen molar-refractivity contribution in [3.63, 3.8) is 0 Å². The minimum atomic E-state index is -4.46. The molecular weight excluding hydrogens is 423 g/mol. The molecule has 10 heteroatoms. The maximum absolute atomic E-state index is 13.5. The van der Waals surface area contributed by atoms with Gasteiger partial charge in [-0.15, -0.1) is 11.8 Å². The van der Waals surface area contributed by atoms with Crippen molar-refractivity contribution < 1.29 is 23.4 Å². The molecule has 4 rings (SSSR count). The highest BCUT2D eigenvalue weighted by Crippen LogP contribution is 2.44. The van der Waals surface area contributed by atoms with Crippen LogP contribution >= 0.6 is 23.1 Å². The van der Waals surface area contributed by atoms with Gasteiger partial charge in [0, 0.05) is 15.7 Å². The van der Waals surface area contributed by atoms with Crippen molar-refractivity contribution in [1.29, 1.82) is 0 Å². The van der Waals surface area contributed by atoms with Crippen LogP contribution in [-0.2, 0) is 11.8 Å². The second kappa shape index (κ2) is 6.97. The first kappa shape index (κ1) is 20.6. The number of hydrogen-bond donors (Lipinski definition) is 2. The summed E-state index contributed by atoms with van der Waals surface area (Å²) < 4.78 is 42.1. The lowest BCUT2D eigenvalue weighted by atomic mass is 9.96. The van der Waals surface area contributed by atoms with Crippen molar-refractivity contribution in [2.24, 2.45) is 0 Å². The van der Waals surface area contributed by atoms with Gasteiger partial charge in [0.2, 0.25) is 4.96 Å². The molecule has 1 aromatic carbocycles. The Hall–Kier alpha value is -1.62. The van der Waals surface area contributed by atoms with Gasteiger partial charge >= 0.3 is 6.18 Å². The molecule has 1 aliphatic carbocycles. The minimum absolute atomic E-state index is 0.0334. The molecule has 0 spiro atoms. The number of imidazole rings is 1. The van der Waals surface area contributed by atoms with Gasteiger partial charge in [-0.2, -0.15) is 18.3 Å². The zero-order chi connectivity index (χ0) is 21.1. The Morgan fingerprint density at radius 2 is 1.93 bits per heavy atom. The van der Waals surface area contributed by atoms with Crippen LogP contribution in [0.4, 0.5) is 13.2 Å². The highest BCUT2D eigenvalue weighted by Gasteiger charge is 2.36. The third-order valence-corrected chi connectivity index (χ3v) is 7.36. The molecule has 3 aromatic rings. The Morgan fingerprint density at radius 3 is 2.52 bits per heavy atom. The van der Waals surface area contributed by atoms with E-state index in [-0.39, 0.29) is 10.1 Å². The molecule has 0 bridgehead atoms. The van der Waals surface area contributed by atoms with Crippen LogP contribution in [0.2, 0.25) is 0 Å². The van der Waals surface area contributed by atoms with Crippen LogP contribution < -0.4 is 0 Å². The number of alkyl halides is 3. The van der Waals surface area contributed by atoms with Gasteiger partial charge in [-0.3, -0.25) is 0 Å². The summed E-state index contributed by atoms with van der Waals surface area (Å²) in [4.78, 5) is 5.18. The van der Waals surface area contributed by atoms with E-state index >= 15 is 0 Å².